The molecule has 4 rings (SSSR count). The number of sulfonamides is 1. The molecule has 8 heteroatoms. The van der Waals surface area contributed by atoms with Gasteiger partial charge in [0.15, 0.2) is 0 Å². The first kappa shape index (κ1) is 20.4. The summed E-state index contributed by atoms with van der Waals surface area (Å²) in [5.74, 6) is 0.733. The molecule has 1 saturated heterocycles. The summed E-state index contributed by atoms with van der Waals surface area (Å²) in [6.07, 6.45) is 3.10. The molecule has 0 saturated carbocycles. The van der Waals surface area contributed by atoms with Gasteiger partial charge in [-0.1, -0.05) is 30.3 Å². The van der Waals surface area contributed by atoms with Crippen LogP contribution >= 0.6 is 0 Å². The summed E-state index contributed by atoms with van der Waals surface area (Å²) in [4.78, 5) is 14.5. The van der Waals surface area contributed by atoms with Crippen LogP contribution in [0.2, 0.25) is 0 Å². The van der Waals surface area contributed by atoms with Gasteiger partial charge in [-0.25, -0.2) is 8.42 Å². The van der Waals surface area contributed by atoms with E-state index in [1.54, 1.807) is 4.90 Å². The Bertz CT molecular complexity index is 1130. The maximum Gasteiger partial charge on any atom is 0.242 e. The predicted molar refractivity (Wildman–Crippen MR) is 116 cm³/mol. The second-order valence-corrected chi connectivity index (χ2v) is 9.46. The summed E-state index contributed by atoms with van der Waals surface area (Å²) >= 11 is 0. The molecule has 1 aromatic heterocycles. The summed E-state index contributed by atoms with van der Waals surface area (Å²) in [7, 11) is -3.21. The van der Waals surface area contributed by atoms with Crippen molar-refractivity contribution in [2.75, 3.05) is 32.4 Å². The Labute approximate surface area is 176 Å². The molecule has 0 bridgehead atoms. The molecule has 2 aromatic carbocycles. The minimum atomic E-state index is -3.21. The van der Waals surface area contributed by atoms with E-state index in [0.29, 0.717) is 32.8 Å². The Morgan fingerprint density at radius 2 is 1.73 bits per heavy atom. The lowest BCUT2D eigenvalue weighted by Crippen LogP contribution is -2.50. The van der Waals surface area contributed by atoms with Gasteiger partial charge < -0.3 is 14.2 Å². The molecule has 0 radical (unpaired) electrons. The second kappa shape index (κ2) is 8.49. The number of aromatic nitrogens is 1. The minimum Gasteiger partial charge on any atom is -0.489 e. The lowest BCUT2D eigenvalue weighted by molar-refractivity contribution is -0.132. The number of ether oxygens (including phenoxy) is 1. The van der Waals surface area contributed by atoms with Crippen molar-refractivity contribution >= 4 is 26.8 Å². The maximum absolute atomic E-state index is 12.8. The van der Waals surface area contributed by atoms with E-state index in [4.69, 9.17) is 4.74 Å². The van der Waals surface area contributed by atoms with Crippen molar-refractivity contribution in [2.45, 2.75) is 13.2 Å². The lowest BCUT2D eigenvalue weighted by atomic mass is 10.2. The smallest absolute Gasteiger partial charge is 0.242 e. The van der Waals surface area contributed by atoms with Gasteiger partial charge in [-0.15, -0.1) is 0 Å². The fraction of sp³-hybridized carbons (Fsp3) is 0.318. The number of benzene rings is 2. The van der Waals surface area contributed by atoms with Crippen LogP contribution in [0.3, 0.4) is 0 Å². The molecule has 7 nitrogen and oxygen atoms in total. The van der Waals surface area contributed by atoms with Gasteiger partial charge in [-0.05, 0) is 29.1 Å². The lowest BCUT2D eigenvalue weighted by Gasteiger charge is -2.33. The van der Waals surface area contributed by atoms with Gasteiger partial charge in [0.05, 0.1) is 11.8 Å². The number of hydrogen-bond donors (Lipinski definition) is 0. The minimum absolute atomic E-state index is 0.0174. The van der Waals surface area contributed by atoms with Crippen molar-refractivity contribution in [2.24, 2.45) is 0 Å². The highest BCUT2D eigenvalue weighted by molar-refractivity contribution is 7.88. The summed E-state index contributed by atoms with van der Waals surface area (Å²) in [5, 5.41) is 1.04. The molecule has 0 aliphatic carbocycles. The van der Waals surface area contributed by atoms with E-state index < -0.39 is 10.0 Å². The molecule has 0 N–H and O–H groups in total. The zero-order valence-corrected chi connectivity index (χ0v) is 17.7. The summed E-state index contributed by atoms with van der Waals surface area (Å²) in [5.41, 5.74) is 2.03. The van der Waals surface area contributed by atoms with E-state index in [9.17, 15) is 13.2 Å². The number of amides is 1. The second-order valence-electron chi connectivity index (χ2n) is 7.48. The quantitative estimate of drug-likeness (QED) is 0.605. The number of nitrogens with zero attached hydrogens (tertiary/aromatic N) is 3. The van der Waals surface area contributed by atoms with Gasteiger partial charge in [0.1, 0.15) is 18.9 Å². The van der Waals surface area contributed by atoms with Gasteiger partial charge in [-0.3, -0.25) is 4.79 Å². The summed E-state index contributed by atoms with van der Waals surface area (Å²) in [6, 6.07) is 17.8. The Morgan fingerprint density at radius 1 is 1.00 bits per heavy atom. The van der Waals surface area contributed by atoms with Crippen LogP contribution in [-0.4, -0.2) is 60.5 Å². The Kier molecular flexibility index (Phi) is 5.78. The van der Waals surface area contributed by atoms with E-state index in [2.05, 4.69) is 0 Å². The number of hydrogen-bond acceptors (Lipinski definition) is 4. The Balaban J connectivity index is 1.42. The van der Waals surface area contributed by atoms with Crippen molar-refractivity contribution in [1.29, 1.82) is 0 Å². The molecule has 1 aliphatic heterocycles. The van der Waals surface area contributed by atoms with Crippen molar-refractivity contribution < 1.29 is 17.9 Å². The zero-order chi connectivity index (χ0) is 21.1. The molecule has 0 atom stereocenters. The molecule has 30 heavy (non-hydrogen) atoms. The van der Waals surface area contributed by atoms with E-state index >= 15 is 0 Å². The van der Waals surface area contributed by atoms with Crippen LogP contribution in [0.4, 0.5) is 0 Å². The molecule has 1 fully saturated rings. The van der Waals surface area contributed by atoms with Gasteiger partial charge in [0.2, 0.25) is 15.9 Å². The number of rotatable bonds is 6. The molecule has 3 aromatic rings. The highest BCUT2D eigenvalue weighted by atomic mass is 32.2. The molecule has 0 unspecified atom stereocenters. The first-order valence-electron chi connectivity index (χ1n) is 9.89. The average Bonchev–Trinajstić information content (AvgIpc) is 3.14. The van der Waals surface area contributed by atoms with Crippen LogP contribution in [0.25, 0.3) is 10.9 Å². The fourth-order valence-electron chi connectivity index (χ4n) is 3.65. The highest BCUT2D eigenvalue weighted by Crippen LogP contribution is 2.23. The Hall–Kier alpha value is -2.84. The van der Waals surface area contributed by atoms with E-state index in [1.807, 2.05) is 65.4 Å². The first-order valence-corrected chi connectivity index (χ1v) is 11.7. The van der Waals surface area contributed by atoms with Crippen LogP contribution < -0.4 is 4.74 Å². The topological polar surface area (TPSA) is 71.9 Å². The van der Waals surface area contributed by atoms with Crippen LogP contribution in [0.15, 0.2) is 60.8 Å². The molecular weight excluding hydrogens is 402 g/mol. The molecule has 0 spiro atoms. The SMILES string of the molecule is CS(=O)(=O)N1CCN(C(=O)Cn2ccc3ccc(OCc4ccccc4)cc32)CC1. The standard InChI is InChI=1S/C22H25N3O4S/c1-30(27,28)25-13-11-23(12-14-25)22(26)16-24-10-9-19-7-8-20(15-21(19)24)29-17-18-5-3-2-4-6-18/h2-10,15H,11-14,16-17H2,1H3. The van der Waals surface area contributed by atoms with E-state index in [0.717, 1.165) is 22.2 Å². The van der Waals surface area contributed by atoms with Gasteiger partial charge >= 0.3 is 0 Å². The number of piperazine rings is 1. The van der Waals surface area contributed by atoms with Gasteiger partial charge in [0, 0.05) is 38.4 Å². The zero-order valence-electron chi connectivity index (χ0n) is 16.9. The normalized spacial score (nSPS) is 15.4. The van der Waals surface area contributed by atoms with E-state index in [1.165, 1.54) is 10.6 Å². The van der Waals surface area contributed by atoms with E-state index in [-0.39, 0.29) is 12.5 Å². The average molecular weight is 428 g/mol. The highest BCUT2D eigenvalue weighted by Gasteiger charge is 2.26. The van der Waals surface area contributed by atoms with Crippen molar-refractivity contribution in [3.63, 3.8) is 0 Å². The van der Waals surface area contributed by atoms with Crippen LogP contribution in [0.5, 0.6) is 5.75 Å². The third-order valence-electron chi connectivity index (χ3n) is 5.36. The monoisotopic (exact) mass is 427 g/mol. The molecule has 1 amide bonds. The van der Waals surface area contributed by atoms with Crippen LogP contribution in [0, 0.1) is 0 Å². The van der Waals surface area contributed by atoms with Gasteiger partial charge in [-0.2, -0.15) is 4.31 Å². The third kappa shape index (κ3) is 4.66. The fourth-order valence-corrected chi connectivity index (χ4v) is 4.47. The maximum atomic E-state index is 12.8. The molecule has 1 aliphatic rings. The largest absolute Gasteiger partial charge is 0.489 e. The summed E-state index contributed by atoms with van der Waals surface area (Å²) in [6.45, 7) is 2.21. The molecular formula is C22H25N3O4S. The van der Waals surface area contributed by atoms with Crippen molar-refractivity contribution in [3.8, 4) is 5.75 Å². The van der Waals surface area contributed by atoms with Crippen molar-refractivity contribution in [3.05, 3.63) is 66.4 Å². The molecule has 158 valence electrons. The van der Waals surface area contributed by atoms with Gasteiger partial charge in [0.25, 0.3) is 0 Å². The van der Waals surface area contributed by atoms with Crippen molar-refractivity contribution in [1.82, 2.24) is 13.8 Å². The molecule has 2 heterocycles. The Morgan fingerprint density at radius 3 is 2.43 bits per heavy atom. The van der Waals surface area contributed by atoms with Crippen LogP contribution in [0.1, 0.15) is 5.56 Å². The number of carbonyl (C=O) groups excluding carboxylic acids is 1. The third-order valence-corrected chi connectivity index (χ3v) is 6.66. The van der Waals surface area contributed by atoms with Crippen LogP contribution in [-0.2, 0) is 28.0 Å². The number of fused-ring (bicyclic) bond motifs is 1. The first-order chi connectivity index (χ1) is 14.4. The predicted octanol–water partition coefficient (Wildman–Crippen LogP) is 2.32. The summed E-state index contributed by atoms with van der Waals surface area (Å²) < 4.78 is 32.5. The number of carbonyl (C=O) groups is 1.